The summed E-state index contributed by atoms with van der Waals surface area (Å²) in [6.07, 6.45) is 9.42. The number of piperazine rings is 1. The number of ether oxygens (including phenoxy) is 2. The Hall–Kier alpha value is -4.30. The van der Waals surface area contributed by atoms with Crippen molar-refractivity contribution in [1.29, 1.82) is 0 Å². The molecule has 3 unspecified atom stereocenters. The van der Waals surface area contributed by atoms with Crippen LogP contribution in [0.15, 0.2) is 66.0 Å². The molecule has 2 heterocycles. The van der Waals surface area contributed by atoms with E-state index in [1.807, 2.05) is 38.4 Å². The number of hydrogen-bond donors (Lipinski definition) is 4. The van der Waals surface area contributed by atoms with E-state index in [9.17, 15) is 19.5 Å². The van der Waals surface area contributed by atoms with Gasteiger partial charge < -0.3 is 24.8 Å². The Kier molecular flexibility index (Phi) is 12.5. The lowest BCUT2D eigenvalue weighted by Crippen LogP contribution is -2.51. The van der Waals surface area contributed by atoms with Crippen LogP contribution in [0.3, 0.4) is 0 Å². The number of hydrogen-bond acceptors (Lipinski definition) is 10. The van der Waals surface area contributed by atoms with Gasteiger partial charge in [0.2, 0.25) is 0 Å². The number of benzene rings is 1. The quantitative estimate of drug-likeness (QED) is 0.110. The number of carbonyl (C=O) groups excluding carboxylic acids is 3. The summed E-state index contributed by atoms with van der Waals surface area (Å²) in [5, 5.41) is 18.1. The molecule has 13 nitrogen and oxygen atoms in total. The summed E-state index contributed by atoms with van der Waals surface area (Å²) in [5.74, 6) is -0.659. The molecule has 0 spiro atoms. The molecular formula is C34H47N7O6. The fourth-order valence-electron chi connectivity index (χ4n) is 5.79. The lowest BCUT2D eigenvalue weighted by molar-refractivity contribution is -0.135. The largest absolute Gasteiger partial charge is 0.497 e. The van der Waals surface area contributed by atoms with E-state index in [2.05, 4.69) is 61.9 Å². The molecule has 4 atom stereocenters. The van der Waals surface area contributed by atoms with Crippen LogP contribution in [0, 0.1) is 5.92 Å². The first-order valence-corrected chi connectivity index (χ1v) is 15.8. The highest BCUT2D eigenvalue weighted by atomic mass is 16.5. The molecule has 1 aromatic heterocycles. The van der Waals surface area contributed by atoms with Crippen molar-refractivity contribution in [3.05, 3.63) is 71.6 Å². The van der Waals surface area contributed by atoms with Crippen LogP contribution < -0.4 is 20.9 Å². The fourth-order valence-corrected chi connectivity index (χ4v) is 5.79. The summed E-state index contributed by atoms with van der Waals surface area (Å²) >= 11 is 0. The van der Waals surface area contributed by atoms with Crippen molar-refractivity contribution in [2.45, 2.75) is 45.0 Å². The van der Waals surface area contributed by atoms with Gasteiger partial charge in [0.15, 0.2) is 0 Å². The lowest BCUT2D eigenvalue weighted by Gasteiger charge is -2.40. The maximum absolute atomic E-state index is 14.0. The molecular weight excluding hydrogens is 602 g/mol. The van der Waals surface area contributed by atoms with E-state index < -0.39 is 18.1 Å². The molecule has 13 heteroatoms. The second kappa shape index (κ2) is 16.5. The molecule has 4 rings (SSSR count). The number of aliphatic hydroxyl groups excluding tert-OH is 1. The first kappa shape index (κ1) is 35.6. The maximum atomic E-state index is 14.0. The summed E-state index contributed by atoms with van der Waals surface area (Å²) in [4.78, 5) is 41.9. The highest BCUT2D eigenvalue weighted by molar-refractivity contribution is 5.98. The van der Waals surface area contributed by atoms with Gasteiger partial charge in [0.25, 0.3) is 11.8 Å². The second-order valence-corrected chi connectivity index (χ2v) is 12.1. The van der Waals surface area contributed by atoms with Gasteiger partial charge in [-0.1, -0.05) is 19.1 Å². The van der Waals surface area contributed by atoms with Crippen molar-refractivity contribution in [3.63, 3.8) is 0 Å². The number of likely N-dealkylation sites (N-methyl/N-ethyl adjacent to an activating group) is 1. The Labute approximate surface area is 276 Å². The van der Waals surface area contributed by atoms with Gasteiger partial charge in [-0.3, -0.25) is 24.6 Å². The molecule has 1 saturated heterocycles. The molecule has 0 saturated carbocycles. The molecule has 0 bridgehead atoms. The molecule has 1 aliphatic carbocycles. The van der Waals surface area contributed by atoms with Gasteiger partial charge in [0.1, 0.15) is 12.0 Å². The average Bonchev–Trinajstić information content (AvgIpc) is 3.51. The molecule has 2 aromatic rings. The molecule has 2 aliphatic rings. The van der Waals surface area contributed by atoms with Gasteiger partial charge in [0, 0.05) is 68.8 Å². The first-order valence-electron chi connectivity index (χ1n) is 15.8. The molecule has 4 N–H and O–H groups in total. The molecule has 0 radical (unpaired) electrons. The number of carbonyl (C=O) groups is 3. The summed E-state index contributed by atoms with van der Waals surface area (Å²) in [7, 11) is 6.81. The van der Waals surface area contributed by atoms with Crippen molar-refractivity contribution >= 4 is 17.8 Å². The molecule has 47 heavy (non-hydrogen) atoms. The third kappa shape index (κ3) is 9.85. The van der Waals surface area contributed by atoms with Crippen LogP contribution in [-0.2, 0) is 26.2 Å². The maximum Gasteiger partial charge on any atom is 0.330 e. The van der Waals surface area contributed by atoms with E-state index in [-0.39, 0.29) is 30.3 Å². The zero-order valence-corrected chi connectivity index (χ0v) is 28.0. The third-order valence-corrected chi connectivity index (χ3v) is 8.56. The Morgan fingerprint density at radius 2 is 1.81 bits per heavy atom. The number of esters is 1. The number of nitrogens with zero attached hydrogens (tertiary/aromatic N) is 4. The Morgan fingerprint density at radius 1 is 1.06 bits per heavy atom. The van der Waals surface area contributed by atoms with E-state index in [0.717, 1.165) is 60.6 Å². The summed E-state index contributed by atoms with van der Waals surface area (Å²) < 4.78 is 11.8. The van der Waals surface area contributed by atoms with Gasteiger partial charge in [-0.05, 0) is 67.6 Å². The minimum Gasteiger partial charge on any atom is -0.497 e. The topological polar surface area (TPSA) is 150 Å². The van der Waals surface area contributed by atoms with E-state index >= 15 is 0 Å². The van der Waals surface area contributed by atoms with Crippen LogP contribution in [-0.4, -0.2) is 102 Å². The highest BCUT2D eigenvalue weighted by Gasteiger charge is 2.31. The van der Waals surface area contributed by atoms with E-state index in [1.54, 1.807) is 18.0 Å². The number of aryl methyl sites for hydroxylation is 1. The standard InChI is InChI=1S/C34H47N7O6/c1-22-15-24(7-8-31(42)37-38-32(43)9-10-33(44)47-6)29(19-30(22)41-13-11-39(3)12-14-41)34(45)36-23(2)25-16-26(18-28(17-25)46-5)27-20-35-40(4)21-27/h9-10,15-23,30-31,37,42H,7-8,11-14H2,1-6H3,(H,36,45)(H,38,43)/b10-9+/t22?,23-,30?,31?/m1/s1. The fraction of sp³-hybridized carbons (Fsp3) is 0.471. The number of aromatic nitrogens is 2. The average molecular weight is 650 g/mol. The normalized spacial score (nSPS) is 20.2. The number of amides is 2. The number of nitrogens with one attached hydrogen (secondary N) is 3. The molecule has 1 aliphatic heterocycles. The monoisotopic (exact) mass is 649 g/mol. The van der Waals surface area contributed by atoms with Crippen LogP contribution in [0.1, 0.15) is 38.3 Å². The Bertz CT molecular complexity index is 1510. The van der Waals surface area contributed by atoms with Gasteiger partial charge in [-0.2, -0.15) is 5.10 Å². The van der Waals surface area contributed by atoms with Crippen LogP contribution in [0.5, 0.6) is 5.75 Å². The predicted molar refractivity (Wildman–Crippen MR) is 178 cm³/mol. The number of methoxy groups -OCH3 is 2. The summed E-state index contributed by atoms with van der Waals surface area (Å²) in [6.45, 7) is 7.82. The summed E-state index contributed by atoms with van der Waals surface area (Å²) in [6, 6.07) is 5.61. The van der Waals surface area contributed by atoms with E-state index in [0.29, 0.717) is 17.7 Å². The minimum absolute atomic E-state index is 0.0569. The molecule has 254 valence electrons. The van der Waals surface area contributed by atoms with Crippen molar-refractivity contribution in [3.8, 4) is 16.9 Å². The zero-order chi connectivity index (χ0) is 34.1. The number of aliphatic hydroxyl groups is 1. The smallest absolute Gasteiger partial charge is 0.330 e. The van der Waals surface area contributed by atoms with Gasteiger partial charge in [-0.15, -0.1) is 0 Å². The third-order valence-electron chi connectivity index (χ3n) is 8.56. The molecule has 1 fully saturated rings. The highest BCUT2D eigenvalue weighted by Crippen LogP contribution is 2.32. The number of rotatable bonds is 13. The van der Waals surface area contributed by atoms with Crippen LogP contribution in [0.2, 0.25) is 0 Å². The molecule has 1 aromatic carbocycles. The lowest BCUT2D eigenvalue weighted by atomic mass is 9.84. The van der Waals surface area contributed by atoms with Crippen molar-refractivity contribution in [2.75, 3.05) is 47.4 Å². The van der Waals surface area contributed by atoms with Crippen LogP contribution >= 0.6 is 0 Å². The molecule has 2 amide bonds. The Balaban J connectivity index is 1.50. The van der Waals surface area contributed by atoms with E-state index in [1.165, 1.54) is 7.11 Å². The zero-order valence-electron chi connectivity index (χ0n) is 28.0. The van der Waals surface area contributed by atoms with Crippen molar-refractivity contribution in [2.24, 2.45) is 13.0 Å². The van der Waals surface area contributed by atoms with Crippen LogP contribution in [0.4, 0.5) is 0 Å². The van der Waals surface area contributed by atoms with Crippen LogP contribution in [0.25, 0.3) is 11.1 Å². The SMILES string of the molecule is COC(=O)/C=C/C(=O)NNC(O)CCC1=CC(C)C(N2CCN(C)CC2)C=C1C(=O)N[C@H](C)c1cc(OC)cc(-c2cnn(C)c2)c1. The second-order valence-electron chi connectivity index (χ2n) is 12.1. The van der Waals surface area contributed by atoms with Gasteiger partial charge in [0.05, 0.1) is 26.5 Å². The van der Waals surface area contributed by atoms with E-state index in [4.69, 9.17) is 4.74 Å². The summed E-state index contributed by atoms with van der Waals surface area (Å²) in [5.41, 5.74) is 9.05. The van der Waals surface area contributed by atoms with Gasteiger partial charge in [-0.25, -0.2) is 10.2 Å². The van der Waals surface area contributed by atoms with Crippen molar-refractivity contribution in [1.82, 2.24) is 35.7 Å². The predicted octanol–water partition coefficient (Wildman–Crippen LogP) is 1.84. The minimum atomic E-state index is -1.09. The van der Waals surface area contributed by atoms with Gasteiger partial charge >= 0.3 is 5.97 Å². The Morgan fingerprint density at radius 3 is 2.47 bits per heavy atom. The van der Waals surface area contributed by atoms with Crippen molar-refractivity contribution < 1.29 is 29.0 Å². The first-order chi connectivity index (χ1) is 22.5. The number of hydrazine groups is 1.